The molecule has 1 N–H and O–H groups in total. The molecule has 7 nitrogen and oxygen atoms in total. The highest BCUT2D eigenvalue weighted by Gasteiger charge is 2.26. The Labute approximate surface area is 164 Å². The minimum atomic E-state index is -0.816. The molecule has 2 aromatic rings. The summed E-state index contributed by atoms with van der Waals surface area (Å²) in [7, 11) is 1.69. The molecule has 2 heterocycles. The molecule has 1 aliphatic rings. The molecule has 1 aromatic carbocycles. The van der Waals surface area contributed by atoms with Gasteiger partial charge in [0.05, 0.1) is 18.0 Å². The van der Waals surface area contributed by atoms with Crippen LogP contribution in [0.4, 0.5) is 0 Å². The molecule has 1 saturated heterocycles. The van der Waals surface area contributed by atoms with Crippen molar-refractivity contribution in [3.05, 3.63) is 46.8 Å². The average Bonchev–Trinajstić information content (AvgIpc) is 3.25. The van der Waals surface area contributed by atoms with E-state index in [1.165, 1.54) is 0 Å². The van der Waals surface area contributed by atoms with Crippen molar-refractivity contribution < 1.29 is 19.4 Å². The van der Waals surface area contributed by atoms with Crippen LogP contribution in [0.25, 0.3) is 5.69 Å². The highest BCUT2D eigenvalue weighted by Crippen LogP contribution is 2.22. The standard InChI is InChI=1S/C21H27N3O4/c1-14-19(8-9-20(25)26)15(2)24(22-14)18-6-4-17(5-7-18)21(27)23-11-10-16(12-23)13-28-3/h4-7,16H,8-13H2,1-3H3,(H,25,26). The van der Waals surface area contributed by atoms with E-state index < -0.39 is 5.97 Å². The Morgan fingerprint density at radius 1 is 1.25 bits per heavy atom. The van der Waals surface area contributed by atoms with Gasteiger partial charge in [-0.2, -0.15) is 5.10 Å². The molecule has 0 saturated carbocycles. The molecule has 1 unspecified atom stereocenters. The second-order valence-corrected chi connectivity index (χ2v) is 7.36. The lowest BCUT2D eigenvalue weighted by Gasteiger charge is -2.17. The first-order valence-electron chi connectivity index (χ1n) is 9.56. The van der Waals surface area contributed by atoms with E-state index in [9.17, 15) is 9.59 Å². The lowest BCUT2D eigenvalue weighted by Crippen LogP contribution is -2.29. The van der Waals surface area contributed by atoms with Crippen LogP contribution in [0.15, 0.2) is 24.3 Å². The summed E-state index contributed by atoms with van der Waals surface area (Å²) in [5.74, 6) is -0.364. The summed E-state index contributed by atoms with van der Waals surface area (Å²) in [5.41, 5.74) is 4.25. The van der Waals surface area contributed by atoms with Crippen molar-refractivity contribution in [1.82, 2.24) is 14.7 Å². The molecule has 1 aliphatic heterocycles. The van der Waals surface area contributed by atoms with Gasteiger partial charge in [0.2, 0.25) is 0 Å². The molecule has 1 fully saturated rings. The fourth-order valence-electron chi connectivity index (χ4n) is 3.84. The highest BCUT2D eigenvalue weighted by atomic mass is 16.5. The number of carbonyl (C=O) groups is 2. The number of carbonyl (C=O) groups excluding carboxylic acids is 1. The summed E-state index contributed by atoms with van der Waals surface area (Å²) in [6.45, 7) is 6.02. The molecule has 1 atom stereocenters. The van der Waals surface area contributed by atoms with E-state index in [-0.39, 0.29) is 12.3 Å². The van der Waals surface area contributed by atoms with Crippen LogP contribution < -0.4 is 0 Å². The summed E-state index contributed by atoms with van der Waals surface area (Å²) in [6.07, 6.45) is 1.52. The predicted octanol–water partition coefficient (Wildman–Crippen LogP) is 2.61. The Hall–Kier alpha value is -2.67. The minimum Gasteiger partial charge on any atom is -0.481 e. The van der Waals surface area contributed by atoms with Crippen molar-refractivity contribution in [3.63, 3.8) is 0 Å². The molecule has 150 valence electrons. The van der Waals surface area contributed by atoms with E-state index in [0.717, 1.165) is 42.1 Å². The van der Waals surface area contributed by atoms with Gasteiger partial charge in [0.15, 0.2) is 0 Å². The molecule has 0 spiro atoms. The van der Waals surface area contributed by atoms with Crippen molar-refractivity contribution in [2.75, 3.05) is 26.8 Å². The van der Waals surface area contributed by atoms with Crippen LogP contribution in [0, 0.1) is 19.8 Å². The molecule has 1 amide bonds. The fourth-order valence-corrected chi connectivity index (χ4v) is 3.84. The number of benzene rings is 1. The number of hydrogen-bond donors (Lipinski definition) is 1. The SMILES string of the molecule is COCC1CCN(C(=O)c2ccc(-n3nc(C)c(CCC(=O)O)c3C)cc2)C1. The maximum absolute atomic E-state index is 12.7. The second kappa shape index (κ2) is 8.56. The maximum atomic E-state index is 12.7. The van der Waals surface area contributed by atoms with Crippen molar-refractivity contribution in [2.45, 2.75) is 33.1 Å². The Bertz CT molecular complexity index is 857. The fraction of sp³-hybridized carbons (Fsp3) is 0.476. The average molecular weight is 385 g/mol. The van der Waals surface area contributed by atoms with Gasteiger partial charge < -0.3 is 14.7 Å². The third-order valence-corrected chi connectivity index (χ3v) is 5.36. The number of aryl methyl sites for hydroxylation is 1. The maximum Gasteiger partial charge on any atom is 0.303 e. The number of methoxy groups -OCH3 is 1. The molecule has 0 bridgehead atoms. The smallest absolute Gasteiger partial charge is 0.303 e. The Balaban J connectivity index is 1.73. The van der Waals surface area contributed by atoms with E-state index >= 15 is 0 Å². The largest absolute Gasteiger partial charge is 0.481 e. The summed E-state index contributed by atoms with van der Waals surface area (Å²) < 4.78 is 7.01. The molecular formula is C21H27N3O4. The third-order valence-electron chi connectivity index (χ3n) is 5.36. The van der Waals surface area contributed by atoms with Gasteiger partial charge in [-0.3, -0.25) is 9.59 Å². The molecule has 0 radical (unpaired) electrons. The quantitative estimate of drug-likeness (QED) is 0.792. The van der Waals surface area contributed by atoms with Crippen LogP contribution in [0.3, 0.4) is 0 Å². The zero-order valence-corrected chi connectivity index (χ0v) is 16.6. The predicted molar refractivity (Wildman–Crippen MR) is 105 cm³/mol. The second-order valence-electron chi connectivity index (χ2n) is 7.36. The van der Waals surface area contributed by atoms with Crippen LogP contribution in [-0.4, -0.2) is 58.5 Å². The highest BCUT2D eigenvalue weighted by molar-refractivity contribution is 5.94. The van der Waals surface area contributed by atoms with E-state index in [4.69, 9.17) is 9.84 Å². The monoisotopic (exact) mass is 385 g/mol. The molecule has 28 heavy (non-hydrogen) atoms. The van der Waals surface area contributed by atoms with Gasteiger partial charge in [0, 0.05) is 43.8 Å². The van der Waals surface area contributed by atoms with Crippen LogP contribution in [0.5, 0.6) is 0 Å². The number of amides is 1. The number of aliphatic carboxylic acids is 1. The lowest BCUT2D eigenvalue weighted by molar-refractivity contribution is -0.136. The van der Waals surface area contributed by atoms with Gasteiger partial charge in [-0.05, 0) is 56.5 Å². The van der Waals surface area contributed by atoms with Crippen LogP contribution in [-0.2, 0) is 16.0 Å². The number of hydrogen-bond acceptors (Lipinski definition) is 4. The Kier molecular flexibility index (Phi) is 6.14. The van der Waals surface area contributed by atoms with Crippen molar-refractivity contribution in [3.8, 4) is 5.69 Å². The molecule has 7 heteroatoms. The number of aromatic nitrogens is 2. The zero-order chi connectivity index (χ0) is 20.3. The number of carboxylic acid groups (broad SMARTS) is 1. The summed E-state index contributed by atoms with van der Waals surface area (Å²) >= 11 is 0. The molecule has 3 rings (SSSR count). The Morgan fingerprint density at radius 3 is 2.61 bits per heavy atom. The zero-order valence-electron chi connectivity index (χ0n) is 16.6. The first kappa shape index (κ1) is 20.1. The van der Waals surface area contributed by atoms with Crippen LogP contribution >= 0.6 is 0 Å². The van der Waals surface area contributed by atoms with E-state index in [1.807, 2.05) is 47.7 Å². The van der Waals surface area contributed by atoms with E-state index in [2.05, 4.69) is 5.10 Å². The first-order chi connectivity index (χ1) is 13.4. The van der Waals surface area contributed by atoms with Gasteiger partial charge in [-0.25, -0.2) is 4.68 Å². The van der Waals surface area contributed by atoms with Gasteiger partial charge >= 0.3 is 5.97 Å². The van der Waals surface area contributed by atoms with E-state index in [1.54, 1.807) is 7.11 Å². The van der Waals surface area contributed by atoms with Crippen molar-refractivity contribution in [2.24, 2.45) is 5.92 Å². The lowest BCUT2D eigenvalue weighted by atomic mass is 10.1. The number of ether oxygens (including phenoxy) is 1. The summed E-state index contributed by atoms with van der Waals surface area (Å²) in [6, 6.07) is 7.43. The molecule has 0 aliphatic carbocycles. The third kappa shape index (κ3) is 4.25. The molecule has 1 aromatic heterocycles. The van der Waals surface area contributed by atoms with Gasteiger partial charge in [-0.1, -0.05) is 0 Å². The van der Waals surface area contributed by atoms with E-state index in [0.29, 0.717) is 24.5 Å². The topological polar surface area (TPSA) is 84.7 Å². The summed E-state index contributed by atoms with van der Waals surface area (Å²) in [4.78, 5) is 25.5. The van der Waals surface area contributed by atoms with Crippen molar-refractivity contribution in [1.29, 1.82) is 0 Å². The number of rotatable bonds is 7. The van der Waals surface area contributed by atoms with Crippen LogP contribution in [0.2, 0.25) is 0 Å². The summed E-state index contributed by atoms with van der Waals surface area (Å²) in [5, 5.41) is 13.5. The van der Waals surface area contributed by atoms with Gasteiger partial charge in [-0.15, -0.1) is 0 Å². The number of likely N-dealkylation sites (tertiary alicyclic amines) is 1. The number of carboxylic acids is 1. The van der Waals surface area contributed by atoms with Gasteiger partial charge in [0.1, 0.15) is 0 Å². The molecular weight excluding hydrogens is 358 g/mol. The van der Waals surface area contributed by atoms with Gasteiger partial charge in [0.25, 0.3) is 5.91 Å². The normalized spacial score (nSPS) is 16.5. The van der Waals surface area contributed by atoms with Crippen LogP contribution in [0.1, 0.15) is 40.2 Å². The van der Waals surface area contributed by atoms with Crippen molar-refractivity contribution >= 4 is 11.9 Å². The Morgan fingerprint density at radius 2 is 1.96 bits per heavy atom. The first-order valence-corrected chi connectivity index (χ1v) is 9.56. The number of nitrogens with zero attached hydrogens (tertiary/aromatic N) is 3. The minimum absolute atomic E-state index is 0.0423.